The summed E-state index contributed by atoms with van der Waals surface area (Å²) in [6, 6.07) is 0. The fourth-order valence-electron chi connectivity index (χ4n) is 2.18. The molecule has 0 bridgehead atoms. The van der Waals surface area contributed by atoms with Crippen LogP contribution >= 0.6 is 0 Å². The second kappa shape index (κ2) is 4.89. The van der Waals surface area contributed by atoms with Gasteiger partial charge in [0, 0.05) is 0 Å². The third-order valence-corrected chi connectivity index (χ3v) is 3.44. The zero-order valence-corrected chi connectivity index (χ0v) is 8.73. The van der Waals surface area contributed by atoms with Crippen LogP contribution in [0.25, 0.3) is 0 Å². The molecule has 0 aromatic carbocycles. The Balaban J connectivity index is 2.38. The average Bonchev–Trinajstić information content (AvgIpc) is 2.18. The Kier molecular flexibility index (Phi) is 4.11. The van der Waals surface area contributed by atoms with Crippen molar-refractivity contribution in [1.82, 2.24) is 0 Å². The first-order valence-electron chi connectivity index (χ1n) is 5.57. The van der Waals surface area contributed by atoms with E-state index in [4.69, 9.17) is 0 Å². The molecule has 0 aliphatic heterocycles. The molecule has 1 rings (SSSR count). The fourth-order valence-corrected chi connectivity index (χ4v) is 2.18. The molecule has 1 radical (unpaired) electrons. The van der Waals surface area contributed by atoms with Gasteiger partial charge in [-0.3, -0.25) is 0 Å². The Hall–Kier alpha value is 0. The molecular weight excluding hydrogens is 144 g/mol. The van der Waals surface area contributed by atoms with Gasteiger partial charge in [-0.05, 0) is 24.7 Å². The van der Waals surface area contributed by atoms with E-state index in [0.717, 1.165) is 0 Å². The summed E-state index contributed by atoms with van der Waals surface area (Å²) in [7, 11) is 0. The van der Waals surface area contributed by atoms with Crippen LogP contribution in [0.3, 0.4) is 0 Å². The highest BCUT2D eigenvalue weighted by atomic mass is 14.3. The van der Waals surface area contributed by atoms with Gasteiger partial charge in [-0.15, -0.1) is 0 Å². The quantitative estimate of drug-likeness (QED) is 0.544. The summed E-state index contributed by atoms with van der Waals surface area (Å²) < 4.78 is 0. The van der Waals surface area contributed by atoms with Gasteiger partial charge >= 0.3 is 0 Å². The Morgan fingerprint density at radius 1 is 0.833 bits per heavy atom. The van der Waals surface area contributed by atoms with Crippen molar-refractivity contribution in [2.24, 2.45) is 5.41 Å². The van der Waals surface area contributed by atoms with Gasteiger partial charge in [0.05, 0.1) is 0 Å². The summed E-state index contributed by atoms with van der Waals surface area (Å²) in [5.41, 5.74) is 0.560. The maximum atomic E-state index is 2.43. The van der Waals surface area contributed by atoms with Gasteiger partial charge in [-0.2, -0.15) is 0 Å². The van der Waals surface area contributed by atoms with Gasteiger partial charge in [0.1, 0.15) is 0 Å². The molecule has 0 amide bonds. The van der Waals surface area contributed by atoms with Crippen LogP contribution < -0.4 is 0 Å². The molecule has 0 nitrogen and oxygen atoms in total. The Bertz CT molecular complexity index is 105. The van der Waals surface area contributed by atoms with Crippen molar-refractivity contribution >= 4 is 0 Å². The molecule has 0 saturated heterocycles. The summed E-state index contributed by atoms with van der Waals surface area (Å²) in [4.78, 5) is 0. The molecule has 0 aromatic rings. The van der Waals surface area contributed by atoms with Gasteiger partial charge in [0.15, 0.2) is 0 Å². The van der Waals surface area contributed by atoms with Crippen LogP contribution in [-0.4, -0.2) is 0 Å². The van der Waals surface area contributed by atoms with Crippen molar-refractivity contribution in [1.29, 1.82) is 0 Å². The number of hydrogen-bond donors (Lipinski definition) is 0. The molecular formula is C12H23. The molecule has 1 fully saturated rings. The molecule has 1 saturated carbocycles. The van der Waals surface area contributed by atoms with Gasteiger partial charge in [0.2, 0.25) is 0 Å². The Morgan fingerprint density at radius 2 is 1.25 bits per heavy atom. The lowest BCUT2D eigenvalue weighted by Crippen LogP contribution is -2.15. The second-order valence-electron chi connectivity index (χ2n) is 4.56. The summed E-state index contributed by atoms with van der Waals surface area (Å²) >= 11 is 0. The van der Waals surface area contributed by atoms with Gasteiger partial charge in [-0.1, -0.05) is 52.4 Å². The molecule has 1 aliphatic carbocycles. The highest BCUT2D eigenvalue weighted by molar-refractivity contribution is 4.85. The van der Waals surface area contributed by atoms with Gasteiger partial charge < -0.3 is 0 Å². The van der Waals surface area contributed by atoms with E-state index in [1.165, 1.54) is 51.4 Å². The van der Waals surface area contributed by atoms with Gasteiger partial charge in [0.25, 0.3) is 0 Å². The topological polar surface area (TPSA) is 0 Å². The minimum absolute atomic E-state index is 0.560. The van der Waals surface area contributed by atoms with Crippen molar-refractivity contribution in [3.05, 3.63) is 6.42 Å². The predicted octanol–water partition coefficient (Wildman–Crippen LogP) is 4.35. The summed E-state index contributed by atoms with van der Waals surface area (Å²) in [5, 5.41) is 0. The minimum atomic E-state index is 0.560. The van der Waals surface area contributed by atoms with Crippen LogP contribution in [-0.2, 0) is 0 Å². The van der Waals surface area contributed by atoms with Crippen molar-refractivity contribution in [3.8, 4) is 0 Å². The smallest absolute Gasteiger partial charge is 0.0297 e. The van der Waals surface area contributed by atoms with E-state index in [-0.39, 0.29) is 0 Å². The van der Waals surface area contributed by atoms with E-state index in [1.807, 2.05) is 0 Å². The van der Waals surface area contributed by atoms with Crippen LogP contribution in [0.4, 0.5) is 0 Å². The highest BCUT2D eigenvalue weighted by Crippen LogP contribution is 2.34. The molecule has 0 aromatic heterocycles. The van der Waals surface area contributed by atoms with Crippen LogP contribution in [0.5, 0.6) is 0 Å². The maximum absolute atomic E-state index is 2.43. The van der Waals surface area contributed by atoms with Crippen LogP contribution in [0, 0.1) is 11.8 Å². The van der Waals surface area contributed by atoms with E-state index in [0.29, 0.717) is 5.41 Å². The van der Waals surface area contributed by atoms with E-state index in [9.17, 15) is 0 Å². The van der Waals surface area contributed by atoms with Gasteiger partial charge in [-0.25, -0.2) is 0 Å². The third kappa shape index (κ3) is 3.16. The minimum Gasteiger partial charge on any atom is -0.0617 e. The zero-order valence-electron chi connectivity index (χ0n) is 8.73. The standard InChI is InChI=1S/C12H23/c1-3-12(2)10-8-6-4-5-7-9-11-12/h3H,4-11H2,1-2H3. The first kappa shape index (κ1) is 10.1. The molecule has 0 atom stereocenters. The van der Waals surface area contributed by atoms with Crippen molar-refractivity contribution < 1.29 is 0 Å². The SMILES string of the molecule is C[CH]C1(C)CCCCCCCC1. The zero-order chi connectivity index (χ0) is 8.86. The van der Waals surface area contributed by atoms with Crippen LogP contribution in [0.15, 0.2) is 0 Å². The molecule has 1 aliphatic rings. The lowest BCUT2D eigenvalue weighted by atomic mass is 9.78. The molecule has 12 heavy (non-hydrogen) atoms. The number of hydrogen-bond acceptors (Lipinski definition) is 0. The second-order valence-corrected chi connectivity index (χ2v) is 4.56. The summed E-state index contributed by atoms with van der Waals surface area (Å²) in [6.07, 6.45) is 14.0. The Morgan fingerprint density at radius 3 is 1.67 bits per heavy atom. The lowest BCUT2D eigenvalue weighted by Gasteiger charge is -2.27. The van der Waals surface area contributed by atoms with Crippen molar-refractivity contribution in [2.75, 3.05) is 0 Å². The Labute approximate surface area is 77.7 Å². The molecule has 71 valence electrons. The normalized spacial score (nSPS) is 25.5. The number of rotatable bonds is 1. The molecule has 0 unspecified atom stereocenters. The predicted molar refractivity (Wildman–Crippen MR) is 55.0 cm³/mol. The summed E-state index contributed by atoms with van der Waals surface area (Å²) in [5.74, 6) is 0. The highest BCUT2D eigenvalue weighted by Gasteiger charge is 2.21. The fraction of sp³-hybridized carbons (Fsp3) is 0.917. The van der Waals surface area contributed by atoms with E-state index in [1.54, 1.807) is 0 Å². The maximum Gasteiger partial charge on any atom is -0.0297 e. The average molecular weight is 167 g/mol. The first-order valence-corrected chi connectivity index (χ1v) is 5.57. The largest absolute Gasteiger partial charge is 0.0617 e. The molecule has 0 spiro atoms. The van der Waals surface area contributed by atoms with E-state index < -0.39 is 0 Å². The molecule has 0 heterocycles. The first-order chi connectivity index (χ1) is 5.77. The van der Waals surface area contributed by atoms with E-state index >= 15 is 0 Å². The van der Waals surface area contributed by atoms with E-state index in [2.05, 4.69) is 20.3 Å². The molecule has 0 heteroatoms. The lowest BCUT2D eigenvalue weighted by molar-refractivity contribution is 0.314. The van der Waals surface area contributed by atoms with Crippen LogP contribution in [0.2, 0.25) is 0 Å². The third-order valence-electron chi connectivity index (χ3n) is 3.44. The summed E-state index contributed by atoms with van der Waals surface area (Å²) in [6.45, 7) is 4.66. The molecule has 0 N–H and O–H groups in total. The van der Waals surface area contributed by atoms with Crippen LogP contribution in [0.1, 0.15) is 65.2 Å². The van der Waals surface area contributed by atoms with Crippen molar-refractivity contribution in [2.45, 2.75) is 65.2 Å². The van der Waals surface area contributed by atoms with Crippen molar-refractivity contribution in [3.63, 3.8) is 0 Å². The monoisotopic (exact) mass is 167 g/mol.